The van der Waals surface area contributed by atoms with Gasteiger partial charge in [-0.15, -0.1) is 0 Å². The van der Waals surface area contributed by atoms with Crippen molar-refractivity contribution in [2.45, 2.75) is 46.2 Å². The van der Waals surface area contributed by atoms with Crippen LogP contribution in [0.5, 0.6) is 0 Å². The van der Waals surface area contributed by atoms with Gasteiger partial charge in [-0.3, -0.25) is 14.5 Å². The van der Waals surface area contributed by atoms with Crippen LogP contribution in [0.2, 0.25) is 0 Å². The Balaban J connectivity index is 2.54. The third-order valence-corrected chi connectivity index (χ3v) is 4.18. The van der Waals surface area contributed by atoms with Gasteiger partial charge in [0.2, 0.25) is 11.8 Å². The molecule has 0 bridgehead atoms. The van der Waals surface area contributed by atoms with Crippen molar-refractivity contribution < 1.29 is 9.59 Å². The fraction of sp³-hybridized carbons (Fsp3) is 0.467. The van der Waals surface area contributed by atoms with E-state index in [1.54, 1.807) is 11.8 Å². The molecule has 1 N–H and O–H groups in total. The number of anilines is 1. The van der Waals surface area contributed by atoms with Gasteiger partial charge < -0.3 is 5.32 Å². The number of benzene rings is 1. The van der Waals surface area contributed by atoms with E-state index < -0.39 is 12.1 Å². The molecule has 2 atom stereocenters. The molecule has 5 heteroatoms. The van der Waals surface area contributed by atoms with E-state index in [2.05, 4.69) is 21.2 Å². The van der Waals surface area contributed by atoms with Crippen LogP contribution >= 0.6 is 15.9 Å². The Kier molecular flexibility index (Phi) is 4.18. The molecular weight excluding hydrogens is 320 g/mol. The molecular formula is C15H19BrN2O2. The van der Waals surface area contributed by atoms with Gasteiger partial charge in [0.05, 0.1) is 5.69 Å². The number of hydrogen-bond donors (Lipinski definition) is 1. The molecule has 108 valence electrons. The Labute approximate surface area is 127 Å². The summed E-state index contributed by atoms with van der Waals surface area (Å²) in [5.74, 6) is -0.133. The van der Waals surface area contributed by atoms with Crippen LogP contribution in [0.15, 0.2) is 16.6 Å². The molecule has 0 aromatic heterocycles. The normalized spacial score (nSPS) is 22.9. The van der Waals surface area contributed by atoms with Crippen LogP contribution in [-0.4, -0.2) is 23.9 Å². The van der Waals surface area contributed by atoms with E-state index in [1.165, 1.54) is 0 Å². The Morgan fingerprint density at radius 3 is 2.30 bits per heavy atom. The molecule has 1 aliphatic heterocycles. The highest BCUT2D eigenvalue weighted by Gasteiger charge is 2.39. The quantitative estimate of drug-likeness (QED) is 0.901. The number of hydrogen-bond acceptors (Lipinski definition) is 2. The first-order chi connectivity index (χ1) is 9.36. The van der Waals surface area contributed by atoms with E-state index in [0.717, 1.165) is 21.3 Å². The second kappa shape index (κ2) is 5.56. The topological polar surface area (TPSA) is 49.4 Å². The van der Waals surface area contributed by atoms with Gasteiger partial charge in [-0.05, 0) is 50.5 Å². The molecule has 0 saturated carbocycles. The van der Waals surface area contributed by atoms with Crippen molar-refractivity contribution in [3.8, 4) is 0 Å². The van der Waals surface area contributed by atoms with E-state index in [1.807, 2.05) is 32.9 Å². The lowest BCUT2D eigenvalue weighted by molar-refractivity contribution is -0.133. The monoisotopic (exact) mass is 338 g/mol. The highest BCUT2D eigenvalue weighted by atomic mass is 79.9. The van der Waals surface area contributed by atoms with Crippen molar-refractivity contribution in [2.24, 2.45) is 0 Å². The fourth-order valence-electron chi connectivity index (χ4n) is 2.69. The number of piperazine rings is 1. The third kappa shape index (κ3) is 2.46. The van der Waals surface area contributed by atoms with Gasteiger partial charge in [0, 0.05) is 4.47 Å². The minimum Gasteiger partial charge on any atom is -0.343 e. The largest absolute Gasteiger partial charge is 0.343 e. The number of aryl methyl sites for hydroxylation is 2. The zero-order valence-electron chi connectivity index (χ0n) is 12.2. The highest BCUT2D eigenvalue weighted by molar-refractivity contribution is 9.10. The number of amides is 2. The second-order valence-electron chi connectivity index (χ2n) is 5.24. The lowest BCUT2D eigenvalue weighted by Crippen LogP contribution is -2.62. The molecule has 2 amide bonds. The molecule has 0 aliphatic carbocycles. The first-order valence-electron chi connectivity index (χ1n) is 6.77. The van der Waals surface area contributed by atoms with Crippen LogP contribution in [-0.2, 0) is 9.59 Å². The molecule has 1 aliphatic rings. The Bertz CT molecular complexity index is 548. The zero-order valence-corrected chi connectivity index (χ0v) is 13.7. The maximum absolute atomic E-state index is 12.6. The Morgan fingerprint density at radius 2 is 1.80 bits per heavy atom. The number of carbonyl (C=O) groups excluding carboxylic acids is 2. The van der Waals surface area contributed by atoms with Crippen LogP contribution in [0.25, 0.3) is 0 Å². The number of carbonyl (C=O) groups is 2. The van der Waals surface area contributed by atoms with E-state index in [-0.39, 0.29) is 11.8 Å². The van der Waals surface area contributed by atoms with Crippen LogP contribution in [0.4, 0.5) is 5.69 Å². The van der Waals surface area contributed by atoms with Gasteiger partial charge in [-0.2, -0.15) is 0 Å². The van der Waals surface area contributed by atoms with E-state index in [9.17, 15) is 9.59 Å². The number of nitrogens with one attached hydrogen (secondary N) is 1. The molecule has 4 nitrogen and oxygen atoms in total. The standard InChI is InChI=1S/C15H19BrN2O2/c1-5-12-15(20)18(10(4)14(19)17-12)13-8(2)6-11(16)7-9(13)3/h6-7,10,12H,5H2,1-4H3,(H,17,19). The average molecular weight is 339 g/mol. The zero-order chi connectivity index (χ0) is 15.0. The number of rotatable bonds is 2. The van der Waals surface area contributed by atoms with Gasteiger partial charge in [-0.1, -0.05) is 22.9 Å². The molecule has 1 fully saturated rings. The summed E-state index contributed by atoms with van der Waals surface area (Å²) in [4.78, 5) is 26.3. The summed E-state index contributed by atoms with van der Waals surface area (Å²) in [6, 6.07) is 3.02. The first kappa shape index (κ1) is 15.0. The molecule has 2 unspecified atom stereocenters. The number of halogens is 1. The lowest BCUT2D eigenvalue weighted by atomic mass is 10.0. The predicted molar refractivity (Wildman–Crippen MR) is 82.8 cm³/mol. The van der Waals surface area contributed by atoms with Gasteiger partial charge in [0.1, 0.15) is 12.1 Å². The second-order valence-corrected chi connectivity index (χ2v) is 6.16. The summed E-state index contributed by atoms with van der Waals surface area (Å²) in [5, 5.41) is 2.78. The minimum absolute atomic E-state index is 0.0341. The van der Waals surface area contributed by atoms with Crippen LogP contribution in [0, 0.1) is 13.8 Å². The summed E-state index contributed by atoms with van der Waals surface area (Å²) >= 11 is 3.46. The summed E-state index contributed by atoms with van der Waals surface area (Å²) in [6.07, 6.45) is 0.600. The van der Waals surface area contributed by atoms with Crippen LogP contribution < -0.4 is 10.2 Å². The van der Waals surface area contributed by atoms with Crippen molar-refractivity contribution in [1.82, 2.24) is 5.32 Å². The molecule has 1 aromatic rings. The summed E-state index contributed by atoms with van der Waals surface area (Å²) in [7, 11) is 0. The van der Waals surface area contributed by atoms with E-state index in [4.69, 9.17) is 0 Å². The van der Waals surface area contributed by atoms with Crippen molar-refractivity contribution in [3.63, 3.8) is 0 Å². The van der Waals surface area contributed by atoms with Crippen LogP contribution in [0.1, 0.15) is 31.4 Å². The number of nitrogens with zero attached hydrogens (tertiary/aromatic N) is 1. The molecule has 1 saturated heterocycles. The lowest BCUT2D eigenvalue weighted by Gasteiger charge is -2.38. The van der Waals surface area contributed by atoms with Crippen LogP contribution in [0.3, 0.4) is 0 Å². The SMILES string of the molecule is CCC1NC(=O)C(C)N(c2c(C)cc(Br)cc2C)C1=O. The Hall–Kier alpha value is -1.36. The maximum Gasteiger partial charge on any atom is 0.250 e. The minimum atomic E-state index is -0.483. The molecule has 1 aromatic carbocycles. The predicted octanol–water partition coefficient (Wildman–Crippen LogP) is 2.70. The molecule has 0 radical (unpaired) electrons. The molecule has 0 spiro atoms. The first-order valence-corrected chi connectivity index (χ1v) is 7.56. The van der Waals surface area contributed by atoms with Crippen molar-refractivity contribution in [2.75, 3.05) is 4.90 Å². The summed E-state index contributed by atoms with van der Waals surface area (Å²) in [5.41, 5.74) is 2.82. The molecule has 20 heavy (non-hydrogen) atoms. The highest BCUT2D eigenvalue weighted by Crippen LogP contribution is 2.32. The van der Waals surface area contributed by atoms with Gasteiger partial charge >= 0.3 is 0 Å². The van der Waals surface area contributed by atoms with Gasteiger partial charge in [0.25, 0.3) is 0 Å². The van der Waals surface area contributed by atoms with Crippen molar-refractivity contribution in [3.05, 3.63) is 27.7 Å². The maximum atomic E-state index is 12.6. The average Bonchev–Trinajstić information content (AvgIpc) is 2.36. The van der Waals surface area contributed by atoms with E-state index in [0.29, 0.717) is 6.42 Å². The summed E-state index contributed by atoms with van der Waals surface area (Å²) < 4.78 is 0.977. The van der Waals surface area contributed by atoms with Crippen molar-refractivity contribution in [1.29, 1.82) is 0 Å². The summed E-state index contributed by atoms with van der Waals surface area (Å²) in [6.45, 7) is 7.58. The van der Waals surface area contributed by atoms with Gasteiger partial charge in [-0.25, -0.2) is 0 Å². The van der Waals surface area contributed by atoms with Gasteiger partial charge in [0.15, 0.2) is 0 Å². The molecule has 2 rings (SSSR count). The molecule has 1 heterocycles. The van der Waals surface area contributed by atoms with E-state index >= 15 is 0 Å². The Morgan fingerprint density at radius 1 is 1.25 bits per heavy atom. The fourth-order valence-corrected chi connectivity index (χ4v) is 3.38. The smallest absolute Gasteiger partial charge is 0.250 e. The third-order valence-electron chi connectivity index (χ3n) is 3.72. The van der Waals surface area contributed by atoms with Crippen molar-refractivity contribution >= 4 is 33.4 Å².